The Morgan fingerprint density at radius 3 is 1.32 bits per heavy atom. The average Bonchev–Trinajstić information content (AvgIpc) is 4.55. The summed E-state index contributed by atoms with van der Waals surface area (Å²) in [5, 5.41) is 29.2. The fourth-order valence-electron chi connectivity index (χ4n) is 11.4. The van der Waals surface area contributed by atoms with E-state index in [1.165, 1.54) is 44.7 Å². The minimum Gasteiger partial charge on any atom is -0.307 e. The third kappa shape index (κ3) is 16.2. The molecule has 0 atom stereocenters. The van der Waals surface area contributed by atoms with Crippen molar-refractivity contribution in [2.75, 3.05) is 74.9 Å². The van der Waals surface area contributed by atoms with Crippen molar-refractivity contribution in [1.29, 1.82) is 0 Å². The van der Waals surface area contributed by atoms with E-state index in [1.807, 2.05) is 68.4 Å². The van der Waals surface area contributed by atoms with E-state index in [0.29, 0.717) is 24.0 Å². The summed E-state index contributed by atoms with van der Waals surface area (Å²) in [5.41, 5.74) is 3.01. The van der Waals surface area contributed by atoms with Crippen molar-refractivity contribution in [3.63, 3.8) is 0 Å². The molecule has 3 aliphatic heterocycles. The van der Waals surface area contributed by atoms with Crippen LogP contribution in [0.1, 0.15) is 99.3 Å². The van der Waals surface area contributed by atoms with Crippen LogP contribution in [0.2, 0.25) is 0 Å². The molecule has 9 heterocycles. The van der Waals surface area contributed by atoms with Crippen LogP contribution >= 0.6 is 0 Å². The van der Waals surface area contributed by atoms with Gasteiger partial charge in [-0.1, -0.05) is 71.9 Å². The maximum Gasteiger partial charge on any atom is 0.226 e. The molecule has 0 radical (unpaired) electrons. The summed E-state index contributed by atoms with van der Waals surface area (Å²) in [5.74, 6) is -3.53. The lowest BCUT2D eigenvalue weighted by Gasteiger charge is -2.29. The monoisotopic (exact) mass is 1150 g/mol. The second-order valence-corrected chi connectivity index (χ2v) is 24.6. The number of pyridine rings is 3. The predicted octanol–water partition coefficient (Wildman–Crippen LogP) is 11.6. The number of aromatic nitrogens is 9. The molecule has 18 nitrogen and oxygen atoms in total. The summed E-state index contributed by atoms with van der Waals surface area (Å²) in [6.45, 7) is 21.3. The number of fused-ring (bicyclic) bond motifs is 2. The van der Waals surface area contributed by atoms with E-state index >= 15 is 0 Å². The zero-order chi connectivity index (χ0) is 59.6. The molecule has 3 saturated heterocycles. The Morgan fingerprint density at radius 2 is 0.869 bits per heavy atom. The number of nitrogens with zero attached hydrogens (tertiary/aromatic N) is 9. The van der Waals surface area contributed by atoms with E-state index in [2.05, 4.69) is 104 Å². The highest BCUT2D eigenvalue weighted by molar-refractivity contribution is 5.93. The molecular formula is C62H75F4N15O3. The second-order valence-electron chi connectivity index (χ2n) is 24.6. The van der Waals surface area contributed by atoms with Gasteiger partial charge in [0.15, 0.2) is 34.9 Å². The van der Waals surface area contributed by atoms with E-state index in [4.69, 9.17) is 0 Å². The number of carbonyl (C=O) groups is 3. The predicted molar refractivity (Wildman–Crippen MR) is 318 cm³/mol. The van der Waals surface area contributed by atoms with E-state index in [-0.39, 0.29) is 80.5 Å². The van der Waals surface area contributed by atoms with Crippen LogP contribution in [-0.4, -0.2) is 137 Å². The molecule has 3 fully saturated rings. The van der Waals surface area contributed by atoms with Crippen LogP contribution in [0.25, 0.3) is 55.6 Å². The summed E-state index contributed by atoms with van der Waals surface area (Å²) < 4.78 is 57.6. The van der Waals surface area contributed by atoms with Crippen LogP contribution in [0.4, 0.5) is 35.0 Å². The maximum atomic E-state index is 14.9. The number of H-pyrrole nitrogens is 3. The third-order valence-corrected chi connectivity index (χ3v) is 15.1. The molecule has 8 aromatic rings. The molecule has 3 aliphatic rings. The molecule has 0 bridgehead atoms. The number of likely N-dealkylation sites (tertiary alicyclic amines) is 3. The maximum absolute atomic E-state index is 14.9. The van der Waals surface area contributed by atoms with Crippen LogP contribution in [0.15, 0.2) is 91.5 Å². The number of carbonyl (C=O) groups excluding carboxylic acids is 3. The van der Waals surface area contributed by atoms with Gasteiger partial charge in [0.05, 0.1) is 17.2 Å². The van der Waals surface area contributed by atoms with Gasteiger partial charge in [-0.25, -0.2) is 17.6 Å². The summed E-state index contributed by atoms with van der Waals surface area (Å²) >= 11 is 0. The van der Waals surface area contributed by atoms with Gasteiger partial charge in [-0.05, 0) is 130 Å². The zero-order valence-electron chi connectivity index (χ0n) is 48.6. The average molecular weight is 1150 g/mol. The number of para-hydroxylation sites is 1. The molecule has 2 aromatic carbocycles. The number of rotatable bonds is 18. The first-order valence-electron chi connectivity index (χ1n) is 28.8. The topological polar surface area (TPSA) is 222 Å². The molecule has 444 valence electrons. The van der Waals surface area contributed by atoms with Gasteiger partial charge in [-0.3, -0.25) is 44.6 Å². The highest BCUT2D eigenvalue weighted by Gasteiger charge is 2.31. The van der Waals surface area contributed by atoms with Crippen molar-refractivity contribution >= 4 is 57.0 Å². The smallest absolute Gasteiger partial charge is 0.226 e. The Balaban J connectivity index is 0.000000151. The standard InChI is InChI=1S/2C22H26FN5O.C18H23F2N5O/c1-22(2,14-28-10-3-4-11-28)13-18(29)25-21-19(23)20(26-27-21)16-7-8-17-15(12-16)6-5-9-24-17;1-22(2,14-28-9-5-6-10-28)12-18(29)25-21-19(23)20(26-27-21)16-11-15-7-3-4-8-17(15)24-13-16;1-18(2,11-25-5-3-4-6-25)8-14(26)22-17-15(20)16(23-24-17)12-7-13(19)10-21-9-12/h5-9,12H,3-4,10-11,13-14H2,1-2H3,(H2,25,26,27,29);3-4,7-8,11,13H,5-6,9-10,12,14H2,1-2H3,(H2,25,26,27,29);7,9-10H,3-6,8,11H2,1-2H3,(H2,22,23,24,26). The van der Waals surface area contributed by atoms with E-state index in [0.717, 1.165) is 93.0 Å². The van der Waals surface area contributed by atoms with Crippen LogP contribution < -0.4 is 16.0 Å². The molecule has 0 saturated carbocycles. The summed E-state index contributed by atoms with van der Waals surface area (Å²) in [4.78, 5) is 56.8. The molecule has 22 heteroatoms. The summed E-state index contributed by atoms with van der Waals surface area (Å²) in [7, 11) is 0. The number of aromatic amines is 3. The SMILES string of the molecule is CC(C)(CC(=O)Nc1n[nH]c(-c2ccc3ncccc3c2)c1F)CN1CCCC1.CC(C)(CC(=O)Nc1n[nH]c(-c2cnc3ccccc3c2)c1F)CN1CCCC1.CC(C)(CC(=O)Nc1n[nH]c(-c2cncc(F)c2)c1F)CN1CCCC1. The van der Waals surface area contributed by atoms with E-state index in [9.17, 15) is 31.9 Å². The number of hydrogen-bond donors (Lipinski definition) is 6. The first-order valence-corrected chi connectivity index (χ1v) is 28.8. The van der Waals surface area contributed by atoms with Gasteiger partial charge in [0.2, 0.25) is 17.7 Å². The van der Waals surface area contributed by atoms with E-state index in [1.54, 1.807) is 18.5 Å². The van der Waals surface area contributed by atoms with Crippen molar-refractivity contribution in [3.8, 4) is 33.8 Å². The van der Waals surface area contributed by atoms with Crippen LogP contribution in [0.5, 0.6) is 0 Å². The molecule has 3 amide bonds. The van der Waals surface area contributed by atoms with Gasteiger partial charge in [0.25, 0.3) is 0 Å². The van der Waals surface area contributed by atoms with Crippen molar-refractivity contribution in [1.82, 2.24) is 60.2 Å². The lowest BCUT2D eigenvalue weighted by atomic mass is 9.88. The Labute approximate surface area is 486 Å². The zero-order valence-corrected chi connectivity index (χ0v) is 48.6. The molecule has 0 spiro atoms. The van der Waals surface area contributed by atoms with Crippen LogP contribution in [-0.2, 0) is 14.4 Å². The molecule has 11 rings (SSSR count). The van der Waals surface area contributed by atoms with Crippen LogP contribution in [0, 0.1) is 39.5 Å². The normalized spacial score (nSPS) is 15.2. The van der Waals surface area contributed by atoms with Gasteiger partial charge in [0, 0.05) is 85.0 Å². The molecule has 84 heavy (non-hydrogen) atoms. The first-order chi connectivity index (χ1) is 40.2. The number of halogens is 4. The highest BCUT2D eigenvalue weighted by Crippen LogP contribution is 2.33. The molecular weight excluding hydrogens is 1080 g/mol. The first kappa shape index (κ1) is 60.6. The third-order valence-electron chi connectivity index (χ3n) is 15.1. The van der Waals surface area contributed by atoms with Crippen molar-refractivity contribution in [3.05, 3.63) is 115 Å². The Kier molecular flexibility index (Phi) is 19.3. The van der Waals surface area contributed by atoms with Gasteiger partial charge in [-0.2, -0.15) is 15.3 Å². The van der Waals surface area contributed by atoms with Gasteiger partial charge in [-0.15, -0.1) is 0 Å². The van der Waals surface area contributed by atoms with Crippen LogP contribution in [0.3, 0.4) is 0 Å². The van der Waals surface area contributed by atoms with Crippen molar-refractivity contribution in [2.24, 2.45) is 16.2 Å². The van der Waals surface area contributed by atoms with Gasteiger partial charge < -0.3 is 30.7 Å². The summed E-state index contributed by atoms with van der Waals surface area (Å²) in [6.07, 6.45) is 13.8. The number of anilines is 3. The number of amides is 3. The highest BCUT2D eigenvalue weighted by atomic mass is 19.1. The molecule has 0 aliphatic carbocycles. The van der Waals surface area contributed by atoms with Crippen molar-refractivity contribution in [2.45, 2.75) is 99.3 Å². The summed E-state index contributed by atoms with van der Waals surface area (Å²) in [6, 6.07) is 19.9. The Bertz CT molecular complexity index is 3390. The fourth-order valence-corrected chi connectivity index (χ4v) is 11.4. The minimum atomic E-state index is -0.733. The fraction of sp³-hybridized carbons (Fsp3) is 0.435. The largest absolute Gasteiger partial charge is 0.307 e. The van der Waals surface area contributed by atoms with Gasteiger partial charge >= 0.3 is 0 Å². The molecule has 0 unspecified atom stereocenters. The second kappa shape index (κ2) is 26.7. The number of hydrogen-bond acceptors (Lipinski definition) is 12. The van der Waals surface area contributed by atoms with Crippen molar-refractivity contribution < 1.29 is 31.9 Å². The lowest BCUT2D eigenvalue weighted by Crippen LogP contribution is -2.35. The number of nitrogens with one attached hydrogen (secondary N) is 6. The number of benzene rings is 2. The minimum absolute atomic E-state index is 0.0105. The Morgan fingerprint density at radius 1 is 0.476 bits per heavy atom. The van der Waals surface area contributed by atoms with Gasteiger partial charge in [0.1, 0.15) is 22.9 Å². The molecule has 6 N–H and O–H groups in total. The molecule has 6 aromatic heterocycles. The van der Waals surface area contributed by atoms with E-state index < -0.39 is 23.3 Å². The Hall–Kier alpha value is -7.95. The lowest BCUT2D eigenvalue weighted by molar-refractivity contribution is -0.119. The quantitative estimate of drug-likeness (QED) is 0.0442.